The number of aromatic hydroxyl groups is 1. The number of benzene rings is 1. The zero-order valence-corrected chi connectivity index (χ0v) is 13.7. The van der Waals surface area contributed by atoms with Gasteiger partial charge in [0.1, 0.15) is 11.9 Å². The maximum Gasteiger partial charge on any atom is 0.290 e. The second kappa shape index (κ2) is 5.65. The number of fused-ring (bicyclic) bond motifs is 1. The zero-order chi connectivity index (χ0) is 16.8. The van der Waals surface area contributed by atoms with Gasteiger partial charge >= 0.3 is 0 Å². The molecule has 0 radical (unpaired) electrons. The minimum Gasteiger partial charge on any atom is -0.508 e. The van der Waals surface area contributed by atoms with Crippen molar-refractivity contribution in [2.45, 2.75) is 44.8 Å². The van der Waals surface area contributed by atoms with Crippen LogP contribution >= 0.6 is 0 Å². The van der Waals surface area contributed by atoms with Crippen molar-refractivity contribution in [1.29, 1.82) is 0 Å². The molecule has 1 fully saturated rings. The Kier molecular flexibility index (Phi) is 3.59. The Labute approximate surface area is 140 Å². The molecule has 0 bridgehead atoms. The first-order chi connectivity index (χ1) is 11.6. The number of nitrogens with zero attached hydrogens (tertiary/aromatic N) is 1. The molecule has 2 aliphatic heterocycles. The summed E-state index contributed by atoms with van der Waals surface area (Å²) < 4.78 is 6.02. The summed E-state index contributed by atoms with van der Waals surface area (Å²) in [5, 5.41) is 9.81. The Morgan fingerprint density at radius 3 is 2.79 bits per heavy atom. The Hall–Kier alpha value is -2.30. The van der Waals surface area contributed by atoms with Gasteiger partial charge in [0.15, 0.2) is 11.5 Å². The van der Waals surface area contributed by atoms with Crippen LogP contribution in [0.15, 0.2) is 35.6 Å². The number of phenolic OH excluding ortho intramolecular Hbond substituents is 1. The van der Waals surface area contributed by atoms with Crippen LogP contribution in [0.5, 0.6) is 5.75 Å². The normalized spacial score (nSPS) is 29.4. The second-order valence-corrected chi connectivity index (χ2v) is 6.74. The lowest BCUT2D eigenvalue weighted by Gasteiger charge is -2.35. The highest BCUT2D eigenvalue weighted by Gasteiger charge is 2.51. The summed E-state index contributed by atoms with van der Waals surface area (Å²) in [5.74, 6) is 0.0711. The van der Waals surface area contributed by atoms with Crippen LogP contribution in [-0.4, -0.2) is 34.3 Å². The number of carbonyl (C=O) groups is 2. The summed E-state index contributed by atoms with van der Waals surface area (Å²) in [6.07, 6.45) is 3.58. The van der Waals surface area contributed by atoms with E-state index in [1.165, 1.54) is 0 Å². The number of ether oxygens (including phenoxy) is 1. The van der Waals surface area contributed by atoms with Crippen molar-refractivity contribution in [3.8, 4) is 5.75 Å². The van der Waals surface area contributed by atoms with E-state index in [0.29, 0.717) is 12.1 Å². The SMILES string of the molecule is CCN1C(=O)C2=C(C(=O)C3CCCCC3O2)C1c1cccc(O)c1. The first-order valence-corrected chi connectivity index (χ1v) is 8.66. The van der Waals surface area contributed by atoms with Gasteiger partial charge in [-0.3, -0.25) is 9.59 Å². The van der Waals surface area contributed by atoms with Crippen molar-refractivity contribution in [2.75, 3.05) is 6.54 Å². The van der Waals surface area contributed by atoms with E-state index in [-0.39, 0.29) is 35.2 Å². The molecule has 1 aliphatic carbocycles. The number of amides is 1. The topological polar surface area (TPSA) is 66.8 Å². The van der Waals surface area contributed by atoms with E-state index in [1.54, 1.807) is 23.1 Å². The van der Waals surface area contributed by atoms with Crippen molar-refractivity contribution in [3.63, 3.8) is 0 Å². The summed E-state index contributed by atoms with van der Waals surface area (Å²) in [6.45, 7) is 2.38. The van der Waals surface area contributed by atoms with Gasteiger partial charge < -0.3 is 14.7 Å². The molecule has 0 saturated heterocycles. The molecule has 1 aromatic rings. The molecule has 1 saturated carbocycles. The third-order valence-corrected chi connectivity index (χ3v) is 5.39. The van der Waals surface area contributed by atoms with E-state index in [0.717, 1.165) is 31.2 Å². The average Bonchev–Trinajstić information content (AvgIpc) is 2.88. The predicted octanol–water partition coefficient (Wildman–Crippen LogP) is 2.71. The van der Waals surface area contributed by atoms with E-state index in [1.807, 2.05) is 13.0 Å². The number of likely N-dealkylation sites (N-methyl/N-ethyl adjacent to an activating group) is 1. The number of Topliss-reactive ketones (excluding diaryl/α,β-unsaturated/α-hetero) is 1. The highest BCUT2D eigenvalue weighted by atomic mass is 16.5. The standard InChI is InChI=1S/C19H21NO4/c1-2-20-16(11-6-5-7-12(21)10-11)15-17(22)13-8-3-4-9-14(13)24-18(15)19(20)23/h5-7,10,13-14,16,21H,2-4,8-9H2,1H3. The highest BCUT2D eigenvalue weighted by Crippen LogP contribution is 2.46. The Balaban J connectivity index is 1.82. The van der Waals surface area contributed by atoms with Crippen molar-refractivity contribution >= 4 is 11.7 Å². The third-order valence-electron chi connectivity index (χ3n) is 5.39. The summed E-state index contributed by atoms with van der Waals surface area (Å²) >= 11 is 0. The average molecular weight is 327 g/mol. The molecule has 0 aromatic heterocycles. The fourth-order valence-electron chi connectivity index (χ4n) is 4.26. The summed E-state index contributed by atoms with van der Waals surface area (Å²) in [5.41, 5.74) is 1.23. The number of phenols is 1. The second-order valence-electron chi connectivity index (χ2n) is 6.74. The first-order valence-electron chi connectivity index (χ1n) is 8.66. The smallest absolute Gasteiger partial charge is 0.290 e. The molecule has 24 heavy (non-hydrogen) atoms. The van der Waals surface area contributed by atoms with Crippen LogP contribution in [0, 0.1) is 5.92 Å². The molecule has 5 heteroatoms. The molecule has 0 spiro atoms. The number of rotatable bonds is 2. The van der Waals surface area contributed by atoms with Gasteiger partial charge in [0.2, 0.25) is 0 Å². The largest absolute Gasteiger partial charge is 0.508 e. The van der Waals surface area contributed by atoms with Crippen molar-refractivity contribution < 1.29 is 19.4 Å². The quantitative estimate of drug-likeness (QED) is 0.907. The molecule has 2 heterocycles. The number of ketones is 1. The maximum atomic E-state index is 13.1. The van der Waals surface area contributed by atoms with E-state index < -0.39 is 6.04 Å². The molecule has 126 valence electrons. The van der Waals surface area contributed by atoms with Gasteiger partial charge in [-0.25, -0.2) is 0 Å². The van der Waals surface area contributed by atoms with Crippen LogP contribution < -0.4 is 0 Å². The molecular weight excluding hydrogens is 306 g/mol. The molecule has 4 rings (SSSR count). The highest BCUT2D eigenvalue weighted by molar-refractivity contribution is 6.11. The lowest BCUT2D eigenvalue weighted by molar-refractivity contribution is -0.135. The van der Waals surface area contributed by atoms with Crippen LogP contribution in [0.2, 0.25) is 0 Å². The minimum atomic E-state index is -0.458. The van der Waals surface area contributed by atoms with Crippen molar-refractivity contribution in [3.05, 3.63) is 41.2 Å². The fourth-order valence-corrected chi connectivity index (χ4v) is 4.26. The van der Waals surface area contributed by atoms with Gasteiger partial charge in [-0.1, -0.05) is 18.6 Å². The first kappa shape index (κ1) is 15.2. The predicted molar refractivity (Wildman–Crippen MR) is 87.1 cm³/mol. The van der Waals surface area contributed by atoms with Gasteiger partial charge in [0, 0.05) is 6.54 Å². The molecule has 3 atom stereocenters. The Bertz CT molecular complexity index is 739. The molecule has 3 aliphatic rings. The van der Waals surface area contributed by atoms with Crippen LogP contribution in [0.3, 0.4) is 0 Å². The Morgan fingerprint density at radius 1 is 1.25 bits per heavy atom. The van der Waals surface area contributed by atoms with Crippen LogP contribution in [0.25, 0.3) is 0 Å². The third kappa shape index (κ3) is 2.14. The van der Waals surface area contributed by atoms with Gasteiger partial charge in [-0.2, -0.15) is 0 Å². The Morgan fingerprint density at radius 2 is 2.04 bits per heavy atom. The van der Waals surface area contributed by atoms with E-state index in [2.05, 4.69) is 0 Å². The van der Waals surface area contributed by atoms with Crippen LogP contribution in [0.4, 0.5) is 0 Å². The summed E-state index contributed by atoms with van der Waals surface area (Å²) in [6, 6.07) is 6.33. The monoisotopic (exact) mass is 327 g/mol. The fraction of sp³-hybridized carbons (Fsp3) is 0.474. The number of hydrogen-bond donors (Lipinski definition) is 1. The molecular formula is C19H21NO4. The van der Waals surface area contributed by atoms with Crippen molar-refractivity contribution in [1.82, 2.24) is 4.90 Å². The van der Waals surface area contributed by atoms with Crippen LogP contribution in [0.1, 0.15) is 44.2 Å². The molecule has 1 amide bonds. The summed E-state index contributed by atoms with van der Waals surface area (Å²) in [4.78, 5) is 27.6. The van der Waals surface area contributed by atoms with E-state index in [9.17, 15) is 14.7 Å². The van der Waals surface area contributed by atoms with Gasteiger partial charge in [0.25, 0.3) is 5.91 Å². The van der Waals surface area contributed by atoms with Gasteiger partial charge in [0.05, 0.1) is 17.5 Å². The molecule has 1 aromatic carbocycles. The minimum absolute atomic E-state index is 0.0543. The lowest BCUT2D eigenvalue weighted by atomic mass is 9.77. The van der Waals surface area contributed by atoms with Crippen molar-refractivity contribution in [2.24, 2.45) is 5.92 Å². The number of hydrogen-bond acceptors (Lipinski definition) is 4. The molecule has 5 nitrogen and oxygen atoms in total. The van der Waals surface area contributed by atoms with Crippen LogP contribution in [-0.2, 0) is 14.3 Å². The van der Waals surface area contributed by atoms with E-state index >= 15 is 0 Å². The van der Waals surface area contributed by atoms with Gasteiger partial charge in [-0.15, -0.1) is 0 Å². The van der Waals surface area contributed by atoms with E-state index in [4.69, 9.17) is 4.74 Å². The lowest BCUT2D eigenvalue weighted by Crippen LogP contribution is -2.39. The molecule has 1 N–H and O–H groups in total. The number of carbonyl (C=O) groups excluding carboxylic acids is 2. The van der Waals surface area contributed by atoms with Gasteiger partial charge in [-0.05, 0) is 43.9 Å². The maximum absolute atomic E-state index is 13.1. The molecule has 3 unspecified atom stereocenters. The zero-order valence-electron chi connectivity index (χ0n) is 13.7. The summed E-state index contributed by atoms with van der Waals surface area (Å²) in [7, 11) is 0.